The van der Waals surface area contributed by atoms with Crippen LogP contribution in [0.25, 0.3) is 11.1 Å². The van der Waals surface area contributed by atoms with Gasteiger partial charge in [-0.15, -0.1) is 0 Å². The molecule has 168 valence electrons. The summed E-state index contributed by atoms with van der Waals surface area (Å²) in [6, 6.07) is 22.1. The monoisotopic (exact) mass is 444 g/mol. The Bertz CT molecular complexity index is 1160. The van der Waals surface area contributed by atoms with Gasteiger partial charge in [0.2, 0.25) is 0 Å². The first-order chi connectivity index (χ1) is 15.9. The largest absolute Gasteiger partial charge is 0.481 e. The molecule has 0 bridgehead atoms. The Morgan fingerprint density at radius 1 is 0.909 bits per heavy atom. The van der Waals surface area contributed by atoms with Crippen molar-refractivity contribution in [2.75, 3.05) is 11.9 Å². The lowest BCUT2D eigenvalue weighted by Gasteiger charge is -2.16. The van der Waals surface area contributed by atoms with E-state index in [4.69, 9.17) is 9.84 Å². The molecule has 0 saturated carbocycles. The van der Waals surface area contributed by atoms with Gasteiger partial charge < -0.3 is 15.2 Å². The van der Waals surface area contributed by atoms with E-state index in [0.29, 0.717) is 0 Å². The third-order valence-corrected chi connectivity index (χ3v) is 5.61. The minimum Gasteiger partial charge on any atom is -0.481 e. The summed E-state index contributed by atoms with van der Waals surface area (Å²) in [5.41, 5.74) is 5.01. The van der Waals surface area contributed by atoms with Crippen molar-refractivity contribution in [3.05, 3.63) is 89.5 Å². The summed E-state index contributed by atoms with van der Waals surface area (Å²) < 4.78 is 5.55. The Morgan fingerprint density at radius 2 is 1.48 bits per heavy atom. The molecule has 1 aliphatic carbocycles. The van der Waals surface area contributed by atoms with Crippen LogP contribution in [-0.4, -0.2) is 35.7 Å². The highest BCUT2D eigenvalue weighted by atomic mass is 16.5. The fraction of sp³-hybridized carbons (Fsp3) is 0.192. The van der Waals surface area contributed by atoms with Crippen molar-refractivity contribution in [1.29, 1.82) is 0 Å². The summed E-state index contributed by atoms with van der Waals surface area (Å²) in [6.45, 7) is 1.76. The molecule has 0 fully saturated rings. The normalized spacial score (nSPS) is 12.9. The molecule has 4 rings (SSSR count). The van der Waals surface area contributed by atoms with Crippen LogP contribution >= 0.6 is 0 Å². The summed E-state index contributed by atoms with van der Waals surface area (Å²) in [6.07, 6.45) is -0.871. The average Bonchev–Trinajstić information content (AvgIpc) is 3.11. The summed E-state index contributed by atoms with van der Waals surface area (Å²) in [4.78, 5) is 36.0. The molecule has 0 radical (unpaired) electrons. The fourth-order valence-electron chi connectivity index (χ4n) is 4.15. The smallest absolute Gasteiger partial charge is 0.411 e. The number of fused-ring (bicyclic) bond motifs is 3. The van der Waals surface area contributed by atoms with Crippen molar-refractivity contribution < 1.29 is 24.2 Å². The molecule has 1 aliphatic rings. The maximum atomic E-state index is 12.6. The number of benzene rings is 3. The molecule has 0 saturated heterocycles. The third-order valence-electron chi connectivity index (χ3n) is 5.61. The molecule has 0 heterocycles. The van der Waals surface area contributed by atoms with Crippen molar-refractivity contribution in [2.45, 2.75) is 25.3 Å². The van der Waals surface area contributed by atoms with Crippen LogP contribution in [-0.2, 0) is 9.53 Å². The van der Waals surface area contributed by atoms with Gasteiger partial charge in [0.05, 0.1) is 17.7 Å². The zero-order valence-corrected chi connectivity index (χ0v) is 18.1. The predicted molar refractivity (Wildman–Crippen MR) is 124 cm³/mol. The van der Waals surface area contributed by atoms with E-state index in [-0.39, 0.29) is 30.2 Å². The van der Waals surface area contributed by atoms with Gasteiger partial charge >= 0.3 is 12.1 Å². The molecule has 3 aromatic carbocycles. The van der Waals surface area contributed by atoms with Crippen molar-refractivity contribution in [2.24, 2.45) is 0 Å². The van der Waals surface area contributed by atoms with E-state index in [1.54, 1.807) is 31.2 Å². The number of hydrogen-bond donors (Lipinski definition) is 3. The summed E-state index contributed by atoms with van der Waals surface area (Å²) >= 11 is 0. The topological polar surface area (TPSA) is 105 Å². The number of carbonyl (C=O) groups excluding carboxylic acids is 2. The molecular formula is C26H24N2O5. The van der Waals surface area contributed by atoms with Gasteiger partial charge in [-0.05, 0) is 41.3 Å². The first kappa shape index (κ1) is 22.1. The summed E-state index contributed by atoms with van der Waals surface area (Å²) in [5.74, 6) is -1.55. The molecule has 0 spiro atoms. The average molecular weight is 444 g/mol. The van der Waals surface area contributed by atoms with Gasteiger partial charge in [-0.1, -0.05) is 60.7 Å². The fourth-order valence-corrected chi connectivity index (χ4v) is 4.15. The Balaban J connectivity index is 1.43. The zero-order valence-electron chi connectivity index (χ0n) is 18.1. The second kappa shape index (κ2) is 9.56. The molecule has 7 nitrogen and oxygen atoms in total. The van der Waals surface area contributed by atoms with Gasteiger partial charge in [0, 0.05) is 12.0 Å². The quantitative estimate of drug-likeness (QED) is 0.492. The van der Waals surface area contributed by atoms with Gasteiger partial charge in [-0.25, -0.2) is 4.79 Å². The molecule has 3 aromatic rings. The first-order valence-electron chi connectivity index (χ1n) is 10.7. The van der Waals surface area contributed by atoms with E-state index in [1.807, 2.05) is 36.4 Å². The maximum absolute atomic E-state index is 12.6. The second-order valence-electron chi connectivity index (χ2n) is 7.97. The SMILES string of the molecule is CC(CC(=O)O)NC(=O)c1ccccc1NC(=O)OCC1c2ccccc2-c2ccccc21. The molecule has 0 aromatic heterocycles. The molecule has 2 amide bonds. The number of amides is 2. The Kier molecular flexibility index (Phi) is 6.40. The van der Waals surface area contributed by atoms with E-state index >= 15 is 0 Å². The van der Waals surface area contributed by atoms with E-state index in [1.165, 1.54) is 0 Å². The van der Waals surface area contributed by atoms with Gasteiger partial charge in [0.15, 0.2) is 0 Å². The van der Waals surface area contributed by atoms with Crippen LogP contribution in [0.3, 0.4) is 0 Å². The molecule has 7 heteroatoms. The number of para-hydroxylation sites is 1. The van der Waals surface area contributed by atoms with Gasteiger partial charge in [0.1, 0.15) is 6.61 Å². The Morgan fingerprint density at radius 3 is 2.12 bits per heavy atom. The Hall–Kier alpha value is -4.13. The zero-order chi connectivity index (χ0) is 23.4. The van der Waals surface area contributed by atoms with Gasteiger partial charge in [0.25, 0.3) is 5.91 Å². The van der Waals surface area contributed by atoms with Crippen molar-refractivity contribution in [1.82, 2.24) is 5.32 Å². The molecule has 3 N–H and O–H groups in total. The highest BCUT2D eigenvalue weighted by Crippen LogP contribution is 2.44. The van der Waals surface area contributed by atoms with Crippen LogP contribution in [0.1, 0.15) is 40.7 Å². The van der Waals surface area contributed by atoms with Crippen LogP contribution in [0.5, 0.6) is 0 Å². The summed E-state index contributed by atoms with van der Waals surface area (Å²) in [7, 11) is 0. The number of anilines is 1. The number of ether oxygens (including phenoxy) is 1. The van der Waals surface area contributed by atoms with Crippen molar-refractivity contribution in [3.63, 3.8) is 0 Å². The van der Waals surface area contributed by atoms with E-state index in [0.717, 1.165) is 22.3 Å². The molecule has 1 unspecified atom stereocenters. The lowest BCUT2D eigenvalue weighted by molar-refractivity contribution is -0.137. The highest BCUT2D eigenvalue weighted by Gasteiger charge is 2.29. The second-order valence-corrected chi connectivity index (χ2v) is 7.97. The van der Waals surface area contributed by atoms with Gasteiger partial charge in [-0.3, -0.25) is 14.9 Å². The van der Waals surface area contributed by atoms with E-state index < -0.39 is 24.0 Å². The number of hydrogen-bond acceptors (Lipinski definition) is 4. The molecule has 33 heavy (non-hydrogen) atoms. The number of carboxylic acid groups (broad SMARTS) is 1. The minimum atomic E-state index is -1.01. The van der Waals surface area contributed by atoms with Crippen LogP contribution < -0.4 is 10.6 Å². The van der Waals surface area contributed by atoms with Gasteiger partial charge in [-0.2, -0.15) is 0 Å². The number of aliphatic carboxylic acids is 1. The van der Waals surface area contributed by atoms with E-state index in [2.05, 4.69) is 22.8 Å². The molecule has 0 aliphatic heterocycles. The van der Waals surface area contributed by atoms with Crippen LogP contribution in [0.2, 0.25) is 0 Å². The highest BCUT2D eigenvalue weighted by molar-refractivity contribution is 6.02. The first-order valence-corrected chi connectivity index (χ1v) is 10.7. The molecular weight excluding hydrogens is 420 g/mol. The summed E-state index contributed by atoms with van der Waals surface area (Å²) in [5, 5.41) is 14.2. The minimum absolute atomic E-state index is 0.0708. The predicted octanol–water partition coefficient (Wildman–Crippen LogP) is 4.64. The van der Waals surface area contributed by atoms with E-state index in [9.17, 15) is 14.4 Å². The number of nitrogens with one attached hydrogen (secondary N) is 2. The van der Waals surface area contributed by atoms with Crippen LogP contribution in [0, 0.1) is 0 Å². The lowest BCUT2D eigenvalue weighted by atomic mass is 9.98. The van der Waals surface area contributed by atoms with Crippen molar-refractivity contribution in [3.8, 4) is 11.1 Å². The molecule has 1 atom stereocenters. The standard InChI is InChI=1S/C26H24N2O5/c1-16(14-24(29)30)27-25(31)21-12-6-7-13-23(21)28-26(32)33-15-22-19-10-4-2-8-17(19)18-9-3-5-11-20(18)22/h2-13,16,22H,14-15H2,1H3,(H,27,31)(H,28,32)(H,29,30). The number of rotatable bonds is 7. The van der Waals surface area contributed by atoms with Crippen molar-refractivity contribution >= 4 is 23.7 Å². The van der Waals surface area contributed by atoms with Crippen LogP contribution in [0.15, 0.2) is 72.8 Å². The third kappa shape index (κ3) is 4.87. The van der Waals surface area contributed by atoms with Crippen LogP contribution in [0.4, 0.5) is 10.5 Å². The number of carbonyl (C=O) groups is 3. The number of carboxylic acids is 1. The lowest BCUT2D eigenvalue weighted by Crippen LogP contribution is -2.34. The Labute approximate surface area is 191 Å². The maximum Gasteiger partial charge on any atom is 0.411 e.